The van der Waals surface area contributed by atoms with Gasteiger partial charge in [-0.2, -0.15) is 0 Å². The minimum absolute atomic E-state index is 0.00836. The zero-order chi connectivity index (χ0) is 23.9. The fourth-order valence-electron chi connectivity index (χ4n) is 2.56. The maximum atomic E-state index is 12.8. The fourth-order valence-corrected chi connectivity index (χ4v) is 4.21. The Morgan fingerprint density at radius 2 is 2.12 bits per heavy atom. The number of hydrogen-bond donors (Lipinski definition) is 3. The lowest BCUT2D eigenvalue weighted by molar-refractivity contribution is -0.116. The lowest BCUT2D eigenvalue weighted by atomic mass is 10.2. The van der Waals surface area contributed by atoms with Gasteiger partial charge in [0.2, 0.25) is 11.5 Å². The van der Waals surface area contributed by atoms with Crippen molar-refractivity contribution in [3.05, 3.63) is 62.5 Å². The molecule has 0 saturated carbocycles. The molecule has 172 valence electrons. The van der Waals surface area contributed by atoms with Crippen molar-refractivity contribution < 1.29 is 28.5 Å². The third-order valence-corrected chi connectivity index (χ3v) is 6.36. The van der Waals surface area contributed by atoms with Crippen molar-refractivity contribution in [2.45, 2.75) is 26.8 Å². The van der Waals surface area contributed by atoms with Crippen LogP contribution in [-0.2, 0) is 20.4 Å². The minimum atomic E-state index is -4.69. The van der Waals surface area contributed by atoms with Gasteiger partial charge in [0.05, 0.1) is 13.2 Å². The lowest BCUT2D eigenvalue weighted by Gasteiger charge is -2.22. The molecule has 0 unspecified atom stereocenters. The highest BCUT2D eigenvalue weighted by Gasteiger charge is 2.20. The molecule has 1 aromatic carbocycles. The number of nitrogens with zero attached hydrogens (tertiary/aromatic N) is 3. The first-order valence-electron chi connectivity index (χ1n) is 9.17. The number of allylic oxidation sites excluding steroid dienone is 1. The van der Waals surface area contributed by atoms with E-state index in [-0.39, 0.29) is 30.5 Å². The summed E-state index contributed by atoms with van der Waals surface area (Å²) in [6.45, 7) is 3.01. The van der Waals surface area contributed by atoms with Crippen LogP contribution < -0.4 is 5.73 Å². The smallest absolute Gasteiger partial charge is 0.383 e. The van der Waals surface area contributed by atoms with Crippen LogP contribution in [0.5, 0.6) is 0 Å². The van der Waals surface area contributed by atoms with Gasteiger partial charge >= 0.3 is 7.82 Å². The predicted octanol–water partition coefficient (Wildman–Crippen LogP) is 3.39. The van der Waals surface area contributed by atoms with Crippen molar-refractivity contribution in [2.75, 3.05) is 12.3 Å². The molecule has 2 aromatic rings. The summed E-state index contributed by atoms with van der Waals surface area (Å²) >= 11 is 4.16. The lowest BCUT2D eigenvalue weighted by Crippen LogP contribution is -2.22. The monoisotopic (exact) mass is 544 g/mol. The molecule has 2 rings (SSSR count). The summed E-state index contributed by atoms with van der Waals surface area (Å²) in [4.78, 5) is 52.4. The van der Waals surface area contributed by atoms with E-state index in [1.54, 1.807) is 38.1 Å². The molecule has 0 aliphatic carbocycles. The van der Waals surface area contributed by atoms with E-state index in [0.29, 0.717) is 34.0 Å². The number of phosphoric acid groups is 1. The summed E-state index contributed by atoms with van der Waals surface area (Å²) in [5, 5.41) is -0.305. The average Bonchev–Trinajstić information content (AvgIpc) is 2.71. The standard InChI is InChI=1S/C19H22BrN4O6PS/c1-12(24(11-25)10-15-9-22-13(2)23-18(15)21)17(6-7-30-31(27,28)29)32-19(26)14-4-3-5-16(20)8-14/h3-5,8-9,11H,6-7,10H2,1-2H3,(H2,21,22,23)(H2,27,28,29). The van der Waals surface area contributed by atoms with Gasteiger partial charge < -0.3 is 20.4 Å². The molecule has 0 aliphatic heterocycles. The first-order valence-corrected chi connectivity index (χ1v) is 12.3. The van der Waals surface area contributed by atoms with Crippen LogP contribution in [0.4, 0.5) is 5.82 Å². The number of aryl methyl sites for hydroxylation is 1. The first-order chi connectivity index (χ1) is 15.0. The quantitative estimate of drug-likeness (QED) is 0.299. The Bertz CT molecular complexity index is 1080. The number of hydrogen-bond acceptors (Lipinski definition) is 8. The third-order valence-electron chi connectivity index (χ3n) is 4.19. The Hall–Kier alpha value is -2.08. The molecule has 32 heavy (non-hydrogen) atoms. The summed E-state index contributed by atoms with van der Waals surface area (Å²) in [7, 11) is -4.69. The number of anilines is 1. The molecule has 0 aliphatic rings. The number of benzene rings is 1. The van der Waals surface area contributed by atoms with Crippen molar-refractivity contribution in [2.24, 2.45) is 0 Å². The van der Waals surface area contributed by atoms with E-state index in [1.165, 1.54) is 11.1 Å². The van der Waals surface area contributed by atoms with Crippen LogP contribution in [0.3, 0.4) is 0 Å². The van der Waals surface area contributed by atoms with E-state index in [2.05, 4.69) is 30.4 Å². The molecule has 4 N–H and O–H groups in total. The summed E-state index contributed by atoms with van der Waals surface area (Å²) in [6, 6.07) is 6.78. The zero-order valence-corrected chi connectivity index (χ0v) is 20.6. The molecule has 0 bridgehead atoms. The molecular weight excluding hydrogens is 523 g/mol. The average molecular weight is 545 g/mol. The topological polar surface area (TPSA) is 156 Å². The van der Waals surface area contributed by atoms with Gasteiger partial charge in [0.25, 0.3) is 0 Å². The van der Waals surface area contributed by atoms with Crippen LogP contribution in [0.1, 0.15) is 35.1 Å². The molecule has 1 aromatic heterocycles. The van der Waals surface area contributed by atoms with Crippen molar-refractivity contribution in [1.29, 1.82) is 0 Å². The number of halogens is 1. The number of phosphoric ester groups is 1. The first kappa shape index (κ1) is 26.2. The molecule has 0 radical (unpaired) electrons. The molecule has 10 nitrogen and oxygen atoms in total. The Morgan fingerprint density at radius 3 is 2.72 bits per heavy atom. The highest BCUT2D eigenvalue weighted by atomic mass is 79.9. The third kappa shape index (κ3) is 8.12. The molecule has 13 heteroatoms. The van der Waals surface area contributed by atoms with Gasteiger partial charge in [-0.05, 0) is 37.7 Å². The SMILES string of the molecule is CC(=C(CCOP(=O)(O)O)SC(=O)c1cccc(Br)c1)N(C=O)Cc1cnc(C)nc1N. The largest absolute Gasteiger partial charge is 0.469 e. The maximum absolute atomic E-state index is 12.8. The number of thioether (sulfide) groups is 1. The van der Waals surface area contributed by atoms with E-state index in [4.69, 9.17) is 15.5 Å². The van der Waals surface area contributed by atoms with Crippen molar-refractivity contribution in [1.82, 2.24) is 14.9 Å². The van der Waals surface area contributed by atoms with Gasteiger partial charge in [0.1, 0.15) is 11.6 Å². The molecule has 1 heterocycles. The predicted molar refractivity (Wildman–Crippen MR) is 124 cm³/mol. The van der Waals surface area contributed by atoms with Gasteiger partial charge in [-0.1, -0.05) is 28.1 Å². The van der Waals surface area contributed by atoms with Crippen LogP contribution in [0.25, 0.3) is 0 Å². The Morgan fingerprint density at radius 1 is 1.41 bits per heavy atom. The summed E-state index contributed by atoms with van der Waals surface area (Å²) in [5.74, 6) is 0.711. The molecule has 1 amide bonds. The number of rotatable bonds is 10. The Labute approximate surface area is 197 Å². The second-order valence-corrected chi connectivity index (χ2v) is 9.77. The maximum Gasteiger partial charge on any atom is 0.469 e. The molecular formula is C19H22BrN4O6PS. The summed E-state index contributed by atoms with van der Waals surface area (Å²) in [6.07, 6.45) is 2.08. The van der Waals surface area contributed by atoms with Crippen LogP contribution >= 0.6 is 35.5 Å². The zero-order valence-electron chi connectivity index (χ0n) is 17.3. The van der Waals surface area contributed by atoms with Crippen LogP contribution in [0, 0.1) is 6.92 Å². The molecule has 0 saturated heterocycles. The van der Waals surface area contributed by atoms with E-state index in [0.717, 1.165) is 16.2 Å². The van der Waals surface area contributed by atoms with Crippen molar-refractivity contribution >= 4 is 52.9 Å². The fraction of sp³-hybridized carbons (Fsp3) is 0.263. The number of nitrogen functional groups attached to an aromatic ring is 1. The second kappa shape index (κ2) is 11.7. The van der Waals surface area contributed by atoms with Crippen LogP contribution in [0.15, 0.2) is 45.5 Å². The van der Waals surface area contributed by atoms with E-state index >= 15 is 0 Å². The normalized spacial score (nSPS) is 12.3. The highest BCUT2D eigenvalue weighted by molar-refractivity contribution is 9.10. The van der Waals surface area contributed by atoms with Gasteiger partial charge in [0, 0.05) is 38.8 Å². The van der Waals surface area contributed by atoms with E-state index in [1.807, 2.05) is 0 Å². The minimum Gasteiger partial charge on any atom is -0.383 e. The van der Waals surface area contributed by atoms with Gasteiger partial charge in [-0.3, -0.25) is 14.1 Å². The number of amides is 1. The Kier molecular flexibility index (Phi) is 9.56. The second-order valence-electron chi connectivity index (χ2n) is 6.54. The van der Waals surface area contributed by atoms with Crippen molar-refractivity contribution in [3.8, 4) is 0 Å². The van der Waals surface area contributed by atoms with Crippen LogP contribution in [-0.4, -0.2) is 42.8 Å². The summed E-state index contributed by atoms with van der Waals surface area (Å²) < 4.78 is 16.3. The number of aromatic nitrogens is 2. The molecule has 0 atom stereocenters. The number of carbonyl (C=O) groups excluding carboxylic acids is 2. The van der Waals surface area contributed by atoms with Gasteiger partial charge in [0.15, 0.2) is 0 Å². The van der Waals surface area contributed by atoms with E-state index < -0.39 is 7.82 Å². The van der Waals surface area contributed by atoms with Crippen LogP contribution in [0.2, 0.25) is 0 Å². The number of nitrogens with two attached hydrogens (primary N) is 1. The van der Waals surface area contributed by atoms with Gasteiger partial charge in [-0.15, -0.1) is 0 Å². The number of carbonyl (C=O) groups is 2. The molecule has 0 fully saturated rings. The van der Waals surface area contributed by atoms with Gasteiger partial charge in [-0.25, -0.2) is 14.5 Å². The van der Waals surface area contributed by atoms with Crippen molar-refractivity contribution in [3.63, 3.8) is 0 Å². The summed E-state index contributed by atoms with van der Waals surface area (Å²) in [5.41, 5.74) is 7.25. The van der Waals surface area contributed by atoms with E-state index in [9.17, 15) is 14.2 Å². The molecule has 0 spiro atoms. The Balaban J connectivity index is 2.33. The highest BCUT2D eigenvalue weighted by Crippen LogP contribution is 2.37.